The lowest BCUT2D eigenvalue weighted by Gasteiger charge is -2.37. The van der Waals surface area contributed by atoms with Crippen LogP contribution in [0.25, 0.3) is 10.9 Å². The summed E-state index contributed by atoms with van der Waals surface area (Å²) in [6.07, 6.45) is 2.21. The quantitative estimate of drug-likeness (QED) is 0.129. The van der Waals surface area contributed by atoms with Crippen LogP contribution in [-0.4, -0.2) is 69.3 Å². The van der Waals surface area contributed by atoms with Gasteiger partial charge in [0.1, 0.15) is 12.2 Å². The number of urea groups is 1. The highest BCUT2D eigenvalue weighted by Gasteiger charge is 2.55. The van der Waals surface area contributed by atoms with Gasteiger partial charge in [-0.05, 0) is 73.9 Å². The number of aromatic nitrogens is 2. The third-order valence-corrected chi connectivity index (χ3v) is 9.85. The number of anilines is 1. The van der Waals surface area contributed by atoms with Crippen LogP contribution in [0.2, 0.25) is 0 Å². The zero-order valence-electron chi connectivity index (χ0n) is 28.9. The van der Waals surface area contributed by atoms with E-state index >= 15 is 4.79 Å². The number of nitrogen functional groups attached to an aromatic ring is 1. The summed E-state index contributed by atoms with van der Waals surface area (Å²) in [5.74, 6) is -0.370. The molecular weight excluding hydrogens is 626 g/mol. The van der Waals surface area contributed by atoms with Gasteiger partial charge in [-0.3, -0.25) is 5.10 Å². The van der Waals surface area contributed by atoms with Crippen LogP contribution in [0.3, 0.4) is 0 Å². The Kier molecular flexibility index (Phi) is 10.2. The predicted octanol–water partition coefficient (Wildman–Crippen LogP) is 7.12. The lowest BCUT2D eigenvalue weighted by atomic mass is 9.91. The average Bonchev–Trinajstić information content (AvgIpc) is 3.65. The van der Waals surface area contributed by atoms with E-state index < -0.39 is 5.79 Å². The van der Waals surface area contributed by atoms with Crippen molar-refractivity contribution in [3.63, 3.8) is 0 Å². The number of amides is 2. The number of rotatable bonds is 13. The van der Waals surface area contributed by atoms with Gasteiger partial charge < -0.3 is 29.7 Å². The van der Waals surface area contributed by atoms with Crippen molar-refractivity contribution in [2.75, 3.05) is 18.9 Å². The summed E-state index contributed by atoms with van der Waals surface area (Å²) in [6, 6.07) is 36.5. The maximum absolute atomic E-state index is 15.2. The lowest BCUT2D eigenvalue weighted by Crippen LogP contribution is -2.52. The van der Waals surface area contributed by atoms with E-state index in [9.17, 15) is 0 Å². The van der Waals surface area contributed by atoms with Gasteiger partial charge in [0.15, 0.2) is 11.6 Å². The Bertz CT molecular complexity index is 1850. The van der Waals surface area contributed by atoms with Gasteiger partial charge in [0.05, 0.1) is 24.2 Å². The minimum Gasteiger partial charge on any atom is -0.382 e. The molecule has 0 radical (unpaired) electrons. The fraction of sp³-hybridized carbons (Fsp3) is 0.366. The fourth-order valence-corrected chi connectivity index (χ4v) is 7.45. The molecule has 2 aliphatic rings. The van der Waals surface area contributed by atoms with E-state index in [4.69, 9.17) is 19.9 Å². The number of unbranched alkanes of at least 4 members (excludes halogenated alkanes) is 1. The molecule has 2 amide bonds. The van der Waals surface area contributed by atoms with E-state index in [1.807, 2.05) is 79.4 Å². The molecule has 7 rings (SSSR count). The van der Waals surface area contributed by atoms with Crippen LogP contribution < -0.4 is 5.73 Å². The second kappa shape index (κ2) is 15.0. The molecular formula is C41H47N5O4. The second-order valence-electron chi connectivity index (χ2n) is 13.9. The molecule has 0 saturated carbocycles. The molecule has 50 heavy (non-hydrogen) atoms. The summed E-state index contributed by atoms with van der Waals surface area (Å²) in [7, 11) is 0. The Morgan fingerprint density at radius 2 is 1.34 bits per heavy atom. The largest absolute Gasteiger partial charge is 0.382 e. The van der Waals surface area contributed by atoms with Crippen molar-refractivity contribution in [3.8, 4) is 0 Å². The van der Waals surface area contributed by atoms with Gasteiger partial charge in [0.2, 0.25) is 0 Å². The van der Waals surface area contributed by atoms with Gasteiger partial charge in [-0.2, -0.15) is 5.10 Å². The van der Waals surface area contributed by atoms with Gasteiger partial charge in [0, 0.05) is 25.1 Å². The summed E-state index contributed by atoms with van der Waals surface area (Å²) < 4.78 is 19.7. The number of carbonyl (C=O) groups excluding carboxylic acids is 1. The Hall–Kier alpha value is -4.70. The number of fused-ring (bicyclic) bond motifs is 2. The molecule has 2 saturated heterocycles. The first-order valence-electron chi connectivity index (χ1n) is 17.7. The topological polar surface area (TPSA) is 106 Å². The van der Waals surface area contributed by atoms with Crippen LogP contribution in [0.5, 0.6) is 0 Å². The highest BCUT2D eigenvalue weighted by atomic mass is 16.8. The molecule has 9 heteroatoms. The molecule has 3 heterocycles. The maximum Gasteiger partial charge on any atom is 0.321 e. The standard InChI is InChI=1S/C41H47N5O4/c1-41(2)49-37-35(25-29-14-6-3-7-15-29)45(22-12-13-23-48-28-31-18-10-5-11-19-31)40(47)46(27-32-20-21-34-33(24-32)39(42)44-43-34)36(38(37)50-41)26-30-16-8-4-9-17-30/h3-11,14-21,24,35-38H,12-13,22-23,25-28H2,1-2H3,(H3,42,43,44)/t35-,36-,37+,38+/m1/s1. The molecule has 4 atom stereocenters. The second-order valence-corrected chi connectivity index (χ2v) is 13.9. The first-order valence-corrected chi connectivity index (χ1v) is 17.7. The monoisotopic (exact) mass is 673 g/mol. The highest BCUT2D eigenvalue weighted by Crippen LogP contribution is 2.40. The Labute approximate surface area is 294 Å². The molecule has 9 nitrogen and oxygen atoms in total. The number of aromatic amines is 1. The van der Waals surface area contributed by atoms with Crippen LogP contribution in [0, 0.1) is 0 Å². The number of ether oxygens (including phenoxy) is 3. The molecule has 1 aromatic heterocycles. The SMILES string of the molecule is CC1(C)O[C@@H]2[C@@H](O1)[C@@H](Cc1ccccc1)N(Cc1ccc3[nH]nc(N)c3c1)C(=O)N(CCCCOCc1ccccc1)[C@@H]2Cc1ccccc1. The van der Waals surface area contributed by atoms with E-state index in [1.54, 1.807) is 0 Å². The molecule has 5 aromatic rings. The number of benzene rings is 4. The van der Waals surface area contributed by atoms with Crippen molar-refractivity contribution in [1.29, 1.82) is 0 Å². The number of nitrogens with one attached hydrogen (secondary N) is 1. The van der Waals surface area contributed by atoms with E-state index in [0.29, 0.717) is 45.0 Å². The Morgan fingerprint density at radius 3 is 1.96 bits per heavy atom. The van der Waals surface area contributed by atoms with Crippen molar-refractivity contribution in [3.05, 3.63) is 131 Å². The minimum absolute atomic E-state index is 0.0169. The van der Waals surface area contributed by atoms with Crippen molar-refractivity contribution < 1.29 is 19.0 Å². The van der Waals surface area contributed by atoms with Gasteiger partial charge in [0.25, 0.3) is 0 Å². The Morgan fingerprint density at radius 1 is 0.760 bits per heavy atom. The van der Waals surface area contributed by atoms with Gasteiger partial charge in [-0.15, -0.1) is 0 Å². The van der Waals surface area contributed by atoms with E-state index in [2.05, 4.69) is 63.6 Å². The molecule has 0 aliphatic carbocycles. The molecule has 2 aliphatic heterocycles. The number of nitrogens with zero attached hydrogens (tertiary/aromatic N) is 3. The molecule has 2 fully saturated rings. The normalized spacial score (nSPS) is 21.8. The van der Waals surface area contributed by atoms with Crippen molar-refractivity contribution in [2.24, 2.45) is 0 Å². The Balaban J connectivity index is 1.22. The third kappa shape index (κ3) is 7.70. The van der Waals surface area contributed by atoms with Crippen molar-refractivity contribution in [2.45, 2.75) is 82.8 Å². The lowest BCUT2D eigenvalue weighted by molar-refractivity contribution is -0.157. The molecule has 4 aromatic carbocycles. The van der Waals surface area contributed by atoms with Crippen LogP contribution in [-0.2, 0) is 40.2 Å². The summed E-state index contributed by atoms with van der Waals surface area (Å²) in [5.41, 5.74) is 11.5. The highest BCUT2D eigenvalue weighted by molar-refractivity contribution is 5.89. The van der Waals surface area contributed by atoms with Crippen LogP contribution in [0.1, 0.15) is 48.9 Å². The predicted molar refractivity (Wildman–Crippen MR) is 195 cm³/mol. The molecule has 260 valence electrons. The summed E-state index contributed by atoms with van der Waals surface area (Å²) in [6.45, 7) is 6.11. The number of hydrogen-bond donors (Lipinski definition) is 2. The number of H-pyrrole nitrogens is 1. The maximum atomic E-state index is 15.2. The molecule has 0 spiro atoms. The van der Waals surface area contributed by atoms with E-state index in [0.717, 1.165) is 46.0 Å². The van der Waals surface area contributed by atoms with Gasteiger partial charge in [-0.25, -0.2) is 4.79 Å². The number of hydrogen-bond acceptors (Lipinski definition) is 6. The molecule has 3 N–H and O–H groups in total. The van der Waals surface area contributed by atoms with Crippen molar-refractivity contribution in [1.82, 2.24) is 20.0 Å². The molecule has 0 unspecified atom stereocenters. The summed E-state index contributed by atoms with van der Waals surface area (Å²) in [5, 5.41) is 8.03. The molecule has 0 bridgehead atoms. The van der Waals surface area contributed by atoms with E-state index in [1.165, 1.54) is 0 Å². The summed E-state index contributed by atoms with van der Waals surface area (Å²) >= 11 is 0. The number of nitrogens with two attached hydrogens (primary N) is 1. The minimum atomic E-state index is -0.813. The van der Waals surface area contributed by atoms with E-state index in [-0.39, 0.29) is 30.3 Å². The number of carbonyl (C=O) groups is 1. The average molecular weight is 674 g/mol. The first-order chi connectivity index (χ1) is 24.3. The van der Waals surface area contributed by atoms with Crippen LogP contribution >= 0.6 is 0 Å². The van der Waals surface area contributed by atoms with Crippen LogP contribution in [0.15, 0.2) is 109 Å². The summed E-state index contributed by atoms with van der Waals surface area (Å²) in [4.78, 5) is 19.3. The smallest absolute Gasteiger partial charge is 0.321 e. The van der Waals surface area contributed by atoms with Gasteiger partial charge in [-0.1, -0.05) is 97.1 Å². The zero-order chi connectivity index (χ0) is 34.5. The first kappa shape index (κ1) is 33.8. The van der Waals surface area contributed by atoms with Crippen LogP contribution in [0.4, 0.5) is 10.6 Å². The third-order valence-electron chi connectivity index (χ3n) is 9.85. The zero-order valence-corrected chi connectivity index (χ0v) is 28.9. The fourth-order valence-electron chi connectivity index (χ4n) is 7.45. The van der Waals surface area contributed by atoms with Gasteiger partial charge >= 0.3 is 6.03 Å². The van der Waals surface area contributed by atoms with Crippen molar-refractivity contribution >= 4 is 22.8 Å².